The molecule has 0 bridgehead atoms. The van der Waals surface area contributed by atoms with E-state index in [-0.39, 0.29) is 6.92 Å². The van der Waals surface area contributed by atoms with Crippen molar-refractivity contribution >= 4 is 39.6 Å². The summed E-state index contributed by atoms with van der Waals surface area (Å²) in [4.78, 5) is 0. The number of benzene rings is 8. The summed E-state index contributed by atoms with van der Waals surface area (Å²) in [6.07, 6.45) is 0. The van der Waals surface area contributed by atoms with Gasteiger partial charge in [-0.05, 0) is 93.5 Å². The first-order chi connectivity index (χ1) is 25.8. The van der Waals surface area contributed by atoms with Crippen LogP contribution in [0.15, 0.2) is 182 Å². The standard InChI is InChI=1S/C48H30BNO2/c1-2-11-31(12-3-1)32-13-8-14-33(27-32)35-23-25-45-41(29-35)40-19-10-22-47-48(40)49(52-45)42-30-36(24-26-46(42)51-47)34-15-9-16-37(28-34)50-43-20-6-4-17-38(43)39-18-5-7-21-44(39)50/h1-30H. The van der Waals surface area contributed by atoms with Crippen molar-refractivity contribution in [2.45, 2.75) is 0 Å². The van der Waals surface area contributed by atoms with Crippen molar-refractivity contribution in [3.05, 3.63) is 182 Å². The maximum Gasteiger partial charge on any atom is 0.434 e. The van der Waals surface area contributed by atoms with Crippen molar-refractivity contribution in [1.29, 1.82) is 0 Å². The molecule has 0 radical (unpaired) electrons. The Labute approximate surface area is 302 Å². The van der Waals surface area contributed by atoms with E-state index in [1.54, 1.807) is 0 Å². The predicted molar refractivity (Wildman–Crippen MR) is 215 cm³/mol. The van der Waals surface area contributed by atoms with E-state index >= 15 is 0 Å². The number of fused-ring (bicyclic) bond motifs is 7. The van der Waals surface area contributed by atoms with Crippen molar-refractivity contribution in [3.8, 4) is 67.4 Å². The van der Waals surface area contributed by atoms with Crippen LogP contribution in [-0.2, 0) is 0 Å². The predicted octanol–water partition coefficient (Wildman–Crippen LogP) is 11.1. The number of aromatic nitrogens is 1. The second-order valence-electron chi connectivity index (χ2n) is 13.6. The van der Waals surface area contributed by atoms with Gasteiger partial charge in [0.15, 0.2) is 0 Å². The maximum atomic E-state index is 6.94. The van der Waals surface area contributed by atoms with Gasteiger partial charge in [-0.15, -0.1) is 0 Å². The second-order valence-corrected chi connectivity index (χ2v) is 13.6. The second kappa shape index (κ2) is 11.4. The Morgan fingerprint density at radius 2 is 0.981 bits per heavy atom. The van der Waals surface area contributed by atoms with Crippen LogP contribution >= 0.6 is 0 Å². The highest BCUT2D eigenvalue weighted by molar-refractivity contribution is 6.84. The molecule has 9 aromatic rings. The molecule has 0 unspecified atom stereocenters. The van der Waals surface area contributed by atoms with Gasteiger partial charge in [-0.1, -0.05) is 127 Å². The lowest BCUT2D eigenvalue weighted by Gasteiger charge is -2.33. The molecule has 3 heterocycles. The van der Waals surface area contributed by atoms with Crippen LogP contribution in [0, 0.1) is 0 Å². The average Bonchev–Trinajstić information content (AvgIpc) is 3.55. The van der Waals surface area contributed by atoms with E-state index in [0.717, 1.165) is 61.7 Å². The molecule has 4 heteroatoms. The third-order valence-corrected chi connectivity index (χ3v) is 10.7. The Hall–Kier alpha value is -6.78. The molecule has 8 aromatic carbocycles. The van der Waals surface area contributed by atoms with Gasteiger partial charge in [0.2, 0.25) is 0 Å². The van der Waals surface area contributed by atoms with Gasteiger partial charge < -0.3 is 14.0 Å². The van der Waals surface area contributed by atoms with Crippen LogP contribution in [0.5, 0.6) is 17.2 Å². The Bertz CT molecular complexity index is 2820. The van der Waals surface area contributed by atoms with Gasteiger partial charge in [-0.2, -0.15) is 0 Å². The Kier molecular flexibility index (Phi) is 6.35. The van der Waals surface area contributed by atoms with E-state index in [0.29, 0.717) is 0 Å². The fourth-order valence-electron chi connectivity index (χ4n) is 8.24. The molecule has 11 rings (SSSR count). The molecule has 0 aliphatic carbocycles. The molecule has 0 saturated carbocycles. The summed E-state index contributed by atoms with van der Waals surface area (Å²) >= 11 is 0. The van der Waals surface area contributed by atoms with E-state index in [4.69, 9.17) is 9.39 Å². The molecular formula is C48H30BNO2. The summed E-state index contributed by atoms with van der Waals surface area (Å²) in [5.74, 6) is 2.55. The minimum absolute atomic E-state index is 0.282. The van der Waals surface area contributed by atoms with Crippen LogP contribution < -0.4 is 20.3 Å². The Morgan fingerprint density at radius 3 is 1.77 bits per heavy atom. The lowest BCUT2D eigenvalue weighted by Crippen LogP contribution is -2.53. The monoisotopic (exact) mass is 663 g/mol. The highest BCUT2D eigenvalue weighted by Crippen LogP contribution is 2.42. The van der Waals surface area contributed by atoms with E-state index in [1.165, 1.54) is 38.5 Å². The minimum Gasteiger partial charge on any atom is -0.551 e. The Morgan fingerprint density at radius 1 is 0.385 bits per heavy atom. The first-order valence-corrected chi connectivity index (χ1v) is 17.8. The largest absolute Gasteiger partial charge is 0.551 e. The van der Waals surface area contributed by atoms with Crippen LogP contribution in [0.2, 0.25) is 0 Å². The van der Waals surface area contributed by atoms with E-state index in [1.807, 2.05) is 0 Å². The zero-order valence-corrected chi connectivity index (χ0v) is 28.2. The van der Waals surface area contributed by atoms with Gasteiger partial charge in [0, 0.05) is 32.9 Å². The molecule has 2 aliphatic heterocycles. The average molecular weight is 664 g/mol. The first-order valence-electron chi connectivity index (χ1n) is 17.8. The smallest absolute Gasteiger partial charge is 0.434 e. The zero-order chi connectivity index (χ0) is 34.2. The van der Waals surface area contributed by atoms with Gasteiger partial charge in [-0.25, -0.2) is 0 Å². The molecule has 3 nitrogen and oxygen atoms in total. The van der Waals surface area contributed by atoms with Gasteiger partial charge in [0.25, 0.3) is 0 Å². The van der Waals surface area contributed by atoms with Gasteiger partial charge in [0.1, 0.15) is 17.2 Å². The fourth-order valence-corrected chi connectivity index (χ4v) is 8.24. The third-order valence-electron chi connectivity index (χ3n) is 10.7. The maximum absolute atomic E-state index is 6.94. The quantitative estimate of drug-likeness (QED) is 0.175. The Balaban J connectivity index is 0.984. The summed E-state index contributed by atoms with van der Waals surface area (Å²) in [6, 6.07) is 64.8. The molecule has 1 aromatic heterocycles. The molecule has 242 valence electrons. The van der Waals surface area contributed by atoms with Crippen LogP contribution in [-0.4, -0.2) is 11.5 Å². The highest BCUT2D eigenvalue weighted by atomic mass is 16.5. The molecule has 0 N–H and O–H groups in total. The molecule has 0 amide bonds. The topological polar surface area (TPSA) is 23.4 Å². The van der Waals surface area contributed by atoms with E-state index in [9.17, 15) is 0 Å². The van der Waals surface area contributed by atoms with Crippen LogP contribution in [0.4, 0.5) is 0 Å². The zero-order valence-electron chi connectivity index (χ0n) is 28.2. The number of hydrogen-bond acceptors (Lipinski definition) is 2. The van der Waals surface area contributed by atoms with Crippen molar-refractivity contribution in [3.63, 3.8) is 0 Å². The van der Waals surface area contributed by atoms with E-state index in [2.05, 4.69) is 187 Å². The van der Waals surface area contributed by atoms with E-state index < -0.39 is 0 Å². The molecular weight excluding hydrogens is 633 g/mol. The van der Waals surface area contributed by atoms with Crippen LogP contribution in [0.1, 0.15) is 0 Å². The summed E-state index contributed by atoms with van der Waals surface area (Å²) in [5, 5.41) is 2.51. The normalized spacial score (nSPS) is 12.5. The molecule has 2 aliphatic rings. The lowest BCUT2D eigenvalue weighted by atomic mass is 9.50. The molecule has 0 spiro atoms. The highest BCUT2D eigenvalue weighted by Gasteiger charge is 2.40. The SMILES string of the molecule is c1ccc(-c2cccc(-c3ccc4c(c3)-c3cccc5c3B(O4)c3cc(-c4cccc(-n6c7ccccc7c7ccccc76)c4)ccc3O5)c2)cc1. The van der Waals surface area contributed by atoms with Gasteiger partial charge in [0.05, 0.1) is 11.0 Å². The summed E-state index contributed by atoms with van der Waals surface area (Å²) in [5.41, 5.74) is 14.9. The number of rotatable bonds is 4. The molecule has 0 fully saturated rings. The first kappa shape index (κ1) is 29.0. The minimum atomic E-state index is -0.282. The van der Waals surface area contributed by atoms with Gasteiger partial charge >= 0.3 is 6.92 Å². The molecule has 0 atom stereocenters. The molecule has 52 heavy (non-hydrogen) atoms. The summed E-state index contributed by atoms with van der Waals surface area (Å²) in [7, 11) is 0. The van der Waals surface area contributed by atoms with Crippen LogP contribution in [0.3, 0.4) is 0 Å². The number of nitrogens with zero attached hydrogens (tertiary/aromatic N) is 1. The molecule has 0 saturated heterocycles. The van der Waals surface area contributed by atoms with Crippen molar-refractivity contribution < 1.29 is 9.39 Å². The number of ether oxygens (including phenoxy) is 1. The summed E-state index contributed by atoms with van der Waals surface area (Å²) in [6.45, 7) is -0.282. The lowest BCUT2D eigenvalue weighted by molar-refractivity contribution is 0.479. The van der Waals surface area contributed by atoms with Gasteiger partial charge in [-0.3, -0.25) is 0 Å². The number of hydrogen-bond donors (Lipinski definition) is 0. The van der Waals surface area contributed by atoms with Crippen molar-refractivity contribution in [2.24, 2.45) is 0 Å². The third kappa shape index (κ3) is 4.48. The van der Waals surface area contributed by atoms with Crippen molar-refractivity contribution in [1.82, 2.24) is 4.57 Å². The fraction of sp³-hybridized carbons (Fsp3) is 0. The summed E-state index contributed by atoms with van der Waals surface area (Å²) < 4.78 is 15.9. The van der Waals surface area contributed by atoms with Crippen LogP contribution in [0.25, 0.3) is 72.0 Å². The number of para-hydroxylation sites is 2. The van der Waals surface area contributed by atoms with Crippen molar-refractivity contribution in [2.75, 3.05) is 0 Å².